The van der Waals surface area contributed by atoms with E-state index in [4.69, 9.17) is 14.8 Å². The Bertz CT molecular complexity index is 1420. The Morgan fingerprint density at radius 1 is 1.00 bits per heavy atom. The van der Waals surface area contributed by atoms with Gasteiger partial charge in [0, 0.05) is 43.2 Å². The molecule has 1 aliphatic rings. The molecule has 0 unspecified atom stereocenters. The predicted octanol–water partition coefficient (Wildman–Crippen LogP) is 5.19. The Labute approximate surface area is 216 Å². The first-order valence-corrected chi connectivity index (χ1v) is 12.7. The monoisotopic (exact) mass is 501 g/mol. The normalized spacial score (nSPS) is 14.3. The molecule has 3 heterocycles. The van der Waals surface area contributed by atoms with Crippen LogP contribution in [-0.2, 0) is 5.41 Å². The number of aromatic nitrogens is 3. The Morgan fingerprint density at radius 2 is 1.70 bits per heavy atom. The van der Waals surface area contributed by atoms with Crippen molar-refractivity contribution in [3.63, 3.8) is 0 Å². The van der Waals surface area contributed by atoms with Gasteiger partial charge < -0.3 is 14.5 Å². The van der Waals surface area contributed by atoms with Gasteiger partial charge in [-0.25, -0.2) is 13.9 Å². The van der Waals surface area contributed by atoms with Crippen molar-refractivity contribution < 1.29 is 13.9 Å². The van der Waals surface area contributed by atoms with E-state index in [1.165, 1.54) is 12.1 Å². The highest BCUT2D eigenvalue weighted by atomic mass is 19.1. The number of carbonyl (C=O) groups excluding carboxylic acids is 1. The van der Waals surface area contributed by atoms with Gasteiger partial charge >= 0.3 is 0 Å². The van der Waals surface area contributed by atoms with Crippen molar-refractivity contribution >= 4 is 17.2 Å². The molecule has 1 saturated heterocycles. The molecule has 0 radical (unpaired) electrons. The first kappa shape index (κ1) is 24.7. The Kier molecular flexibility index (Phi) is 6.58. The fourth-order valence-corrected chi connectivity index (χ4v) is 4.57. The van der Waals surface area contributed by atoms with Crippen molar-refractivity contribution in [1.29, 1.82) is 0 Å². The second-order valence-corrected chi connectivity index (χ2v) is 10.3. The van der Waals surface area contributed by atoms with Gasteiger partial charge in [0.1, 0.15) is 17.3 Å². The fraction of sp³-hybridized carbons (Fsp3) is 0.345. The highest BCUT2D eigenvalue weighted by molar-refractivity contribution is 5.94. The van der Waals surface area contributed by atoms with Crippen LogP contribution in [0, 0.1) is 5.82 Å². The lowest BCUT2D eigenvalue weighted by Gasteiger charge is -2.36. The number of anilines is 1. The van der Waals surface area contributed by atoms with Crippen LogP contribution in [0.4, 0.5) is 10.1 Å². The van der Waals surface area contributed by atoms with Crippen LogP contribution in [0.2, 0.25) is 0 Å². The molecule has 2 aromatic carbocycles. The van der Waals surface area contributed by atoms with Gasteiger partial charge in [-0.15, -0.1) is 0 Å². The molecule has 8 heteroatoms. The van der Waals surface area contributed by atoms with E-state index in [2.05, 4.69) is 31.7 Å². The van der Waals surface area contributed by atoms with E-state index >= 15 is 0 Å². The second-order valence-electron chi connectivity index (χ2n) is 10.3. The van der Waals surface area contributed by atoms with Crippen molar-refractivity contribution in [1.82, 2.24) is 19.5 Å². The van der Waals surface area contributed by atoms with Gasteiger partial charge in [-0.1, -0.05) is 32.9 Å². The smallest absolute Gasteiger partial charge is 0.272 e. The van der Waals surface area contributed by atoms with E-state index < -0.39 is 0 Å². The number of amides is 1. The molecule has 37 heavy (non-hydrogen) atoms. The highest BCUT2D eigenvalue weighted by Crippen LogP contribution is 2.30. The topological polar surface area (TPSA) is 63.0 Å². The number of fused-ring (bicyclic) bond motifs is 1. The van der Waals surface area contributed by atoms with Gasteiger partial charge in [-0.05, 0) is 49.4 Å². The lowest BCUT2D eigenvalue weighted by Crippen LogP contribution is -2.49. The van der Waals surface area contributed by atoms with Crippen LogP contribution < -0.4 is 9.64 Å². The summed E-state index contributed by atoms with van der Waals surface area (Å²) < 4.78 is 21.0. The van der Waals surface area contributed by atoms with Gasteiger partial charge in [0.2, 0.25) is 0 Å². The van der Waals surface area contributed by atoms with Crippen molar-refractivity contribution in [2.45, 2.75) is 33.1 Å². The largest absolute Gasteiger partial charge is 0.492 e. The number of carbonyl (C=O) groups is 1. The average molecular weight is 502 g/mol. The molecule has 1 fully saturated rings. The number of nitrogens with zero attached hydrogens (tertiary/aromatic N) is 5. The van der Waals surface area contributed by atoms with Crippen LogP contribution in [0.15, 0.2) is 60.7 Å². The third kappa shape index (κ3) is 5.01. The molecule has 2 aromatic heterocycles. The molecule has 5 rings (SSSR count). The summed E-state index contributed by atoms with van der Waals surface area (Å²) in [5.41, 5.74) is 4.09. The van der Waals surface area contributed by atoms with Crippen LogP contribution in [0.5, 0.6) is 5.75 Å². The van der Waals surface area contributed by atoms with Crippen molar-refractivity contribution in [2.75, 3.05) is 37.7 Å². The molecule has 192 valence electrons. The highest BCUT2D eigenvalue weighted by Gasteiger charge is 2.28. The number of rotatable bonds is 5. The summed E-state index contributed by atoms with van der Waals surface area (Å²) in [7, 11) is 0. The number of hydrogen-bond acceptors (Lipinski definition) is 5. The first-order chi connectivity index (χ1) is 17.7. The molecular weight excluding hydrogens is 469 g/mol. The zero-order valence-electron chi connectivity index (χ0n) is 21.7. The van der Waals surface area contributed by atoms with Crippen LogP contribution in [0.25, 0.3) is 16.9 Å². The molecule has 4 aromatic rings. The Hall–Kier alpha value is -3.94. The quantitative estimate of drug-likeness (QED) is 0.376. The molecule has 0 saturated carbocycles. The Morgan fingerprint density at radius 3 is 2.38 bits per heavy atom. The standard InChI is InChI=1S/C29H32FN5O2/c1-5-37-25-9-7-6-8-23(25)33-14-16-34(17-15-33)28(36)24-18-22(20-10-12-21(30)13-11-20)31-27-19-26(29(2,3)4)32-35(24)27/h6-13,18-19H,5,14-17H2,1-4H3. The van der Waals surface area contributed by atoms with Crippen molar-refractivity contribution in [2.24, 2.45) is 0 Å². The number of piperazine rings is 1. The van der Waals surface area contributed by atoms with Crippen LogP contribution in [0.1, 0.15) is 43.9 Å². The number of ether oxygens (including phenoxy) is 1. The fourth-order valence-electron chi connectivity index (χ4n) is 4.57. The van der Waals surface area contributed by atoms with Gasteiger partial charge in [0.05, 0.1) is 23.7 Å². The molecule has 7 nitrogen and oxygen atoms in total. The predicted molar refractivity (Wildman–Crippen MR) is 143 cm³/mol. The van der Waals surface area contributed by atoms with E-state index in [-0.39, 0.29) is 17.1 Å². The van der Waals surface area contributed by atoms with Crippen LogP contribution >= 0.6 is 0 Å². The minimum absolute atomic E-state index is 0.0999. The molecule has 0 spiro atoms. The van der Waals surface area contributed by atoms with Crippen molar-refractivity contribution in [3.05, 3.63) is 77.9 Å². The first-order valence-electron chi connectivity index (χ1n) is 12.7. The number of para-hydroxylation sites is 2. The van der Waals surface area contributed by atoms with Gasteiger partial charge in [0.15, 0.2) is 5.65 Å². The maximum Gasteiger partial charge on any atom is 0.272 e. The molecular formula is C29H32FN5O2. The lowest BCUT2D eigenvalue weighted by molar-refractivity contribution is 0.0737. The summed E-state index contributed by atoms with van der Waals surface area (Å²) in [6.07, 6.45) is 0. The summed E-state index contributed by atoms with van der Waals surface area (Å²) in [6, 6.07) is 17.9. The zero-order chi connectivity index (χ0) is 26.2. The SMILES string of the molecule is CCOc1ccccc1N1CCN(C(=O)c2cc(-c3ccc(F)cc3)nc3cc(C(C)(C)C)nn23)CC1. The molecule has 0 N–H and O–H groups in total. The summed E-state index contributed by atoms with van der Waals surface area (Å²) in [5.74, 6) is 0.442. The van der Waals surface area contributed by atoms with Gasteiger partial charge in [-0.2, -0.15) is 5.10 Å². The third-order valence-corrected chi connectivity index (χ3v) is 6.63. The minimum Gasteiger partial charge on any atom is -0.492 e. The Balaban J connectivity index is 1.46. The van der Waals surface area contributed by atoms with Crippen LogP contribution in [0.3, 0.4) is 0 Å². The van der Waals surface area contributed by atoms with E-state index in [1.54, 1.807) is 22.7 Å². The number of hydrogen-bond donors (Lipinski definition) is 0. The zero-order valence-corrected chi connectivity index (χ0v) is 21.7. The summed E-state index contributed by atoms with van der Waals surface area (Å²) in [6.45, 7) is 11.4. The van der Waals surface area contributed by atoms with E-state index in [1.807, 2.05) is 36.1 Å². The van der Waals surface area contributed by atoms with Gasteiger partial charge in [-0.3, -0.25) is 4.79 Å². The molecule has 0 bridgehead atoms. The number of halogens is 1. The lowest BCUT2D eigenvalue weighted by atomic mass is 9.93. The summed E-state index contributed by atoms with van der Waals surface area (Å²) in [4.78, 5) is 22.7. The van der Waals surface area contributed by atoms with Crippen LogP contribution in [-0.4, -0.2) is 58.2 Å². The molecule has 0 atom stereocenters. The molecule has 1 amide bonds. The van der Waals surface area contributed by atoms with Crippen molar-refractivity contribution in [3.8, 4) is 17.0 Å². The second kappa shape index (κ2) is 9.84. The van der Waals surface area contributed by atoms with E-state index in [0.29, 0.717) is 49.8 Å². The maximum absolute atomic E-state index is 13.9. The maximum atomic E-state index is 13.9. The van der Waals surface area contributed by atoms with E-state index in [0.717, 1.165) is 22.7 Å². The average Bonchev–Trinajstić information content (AvgIpc) is 3.34. The number of benzene rings is 2. The third-order valence-electron chi connectivity index (χ3n) is 6.63. The minimum atomic E-state index is -0.315. The molecule has 0 aliphatic carbocycles. The summed E-state index contributed by atoms with van der Waals surface area (Å²) >= 11 is 0. The summed E-state index contributed by atoms with van der Waals surface area (Å²) in [5, 5.41) is 4.76. The molecule has 1 aliphatic heterocycles. The van der Waals surface area contributed by atoms with E-state index in [9.17, 15) is 9.18 Å². The van der Waals surface area contributed by atoms with Gasteiger partial charge in [0.25, 0.3) is 5.91 Å².